The Bertz CT molecular complexity index is 759. The molecule has 0 fully saturated rings. The highest BCUT2D eigenvalue weighted by Gasteiger charge is 2.30. The van der Waals surface area contributed by atoms with E-state index >= 15 is 0 Å². The Hall–Kier alpha value is -2.23. The third kappa shape index (κ3) is 3.81. The van der Waals surface area contributed by atoms with Gasteiger partial charge in [-0.2, -0.15) is 0 Å². The van der Waals surface area contributed by atoms with Crippen LogP contribution in [0.15, 0.2) is 94.4 Å². The molecule has 0 amide bonds. The third-order valence-electron chi connectivity index (χ3n) is 3.93. The highest BCUT2D eigenvalue weighted by atomic mass is 79.9. The van der Waals surface area contributed by atoms with E-state index in [0.29, 0.717) is 0 Å². The smallest absolute Gasteiger partial charge is 0.134 e. The van der Waals surface area contributed by atoms with Gasteiger partial charge in [0.15, 0.2) is 0 Å². The van der Waals surface area contributed by atoms with Crippen LogP contribution in [-0.4, -0.2) is 17.9 Å². The summed E-state index contributed by atoms with van der Waals surface area (Å²) in [7, 11) is 0. The van der Waals surface area contributed by atoms with Gasteiger partial charge in [-0.05, 0) is 28.8 Å². The maximum atomic E-state index is 11.4. The maximum Gasteiger partial charge on any atom is 0.134 e. The molecule has 120 valence electrons. The van der Waals surface area contributed by atoms with Gasteiger partial charge in [0.2, 0.25) is 0 Å². The molecule has 0 radical (unpaired) electrons. The van der Waals surface area contributed by atoms with E-state index in [2.05, 4.69) is 20.9 Å². The van der Waals surface area contributed by atoms with Gasteiger partial charge < -0.3 is 5.11 Å². The van der Waals surface area contributed by atoms with Crippen LogP contribution in [0, 0.1) is 0 Å². The van der Waals surface area contributed by atoms with Crippen LogP contribution in [0.3, 0.4) is 0 Å². The first-order valence-electron chi connectivity index (χ1n) is 7.77. The Kier molecular flexibility index (Phi) is 5.24. The molecule has 0 aliphatic heterocycles. The summed E-state index contributed by atoms with van der Waals surface area (Å²) in [5, 5.41) is 11.4. The first kappa shape index (κ1) is 16.6. The number of aliphatic hydroxyl groups is 1. The highest BCUT2D eigenvalue weighted by molar-refractivity contribution is 9.10. The molecule has 0 saturated heterocycles. The first-order valence-corrected chi connectivity index (χ1v) is 8.56. The van der Waals surface area contributed by atoms with Crippen molar-refractivity contribution >= 4 is 22.1 Å². The molecule has 0 aliphatic rings. The minimum Gasteiger partial charge on any atom is -0.378 e. The van der Waals surface area contributed by atoms with Crippen molar-refractivity contribution in [3.8, 4) is 0 Å². The van der Waals surface area contributed by atoms with Crippen LogP contribution in [-0.2, 0) is 5.60 Å². The van der Waals surface area contributed by atoms with Gasteiger partial charge in [0, 0.05) is 10.7 Å². The predicted octanol–water partition coefficient (Wildman–Crippen LogP) is 4.80. The van der Waals surface area contributed by atoms with Gasteiger partial charge in [-0.3, -0.25) is 4.99 Å². The first-order chi connectivity index (χ1) is 11.7. The van der Waals surface area contributed by atoms with Crippen LogP contribution < -0.4 is 0 Å². The summed E-state index contributed by atoms with van der Waals surface area (Å²) in [6, 6.07) is 27.3. The number of halogens is 1. The number of hydrogen-bond donors (Lipinski definition) is 1. The van der Waals surface area contributed by atoms with E-state index in [0.717, 1.165) is 21.2 Å². The van der Waals surface area contributed by atoms with Crippen molar-refractivity contribution in [1.29, 1.82) is 0 Å². The molecule has 0 saturated carbocycles. The van der Waals surface area contributed by atoms with Gasteiger partial charge in [-0.25, -0.2) is 0 Å². The number of nitrogens with zero attached hydrogens (tertiary/aromatic N) is 1. The topological polar surface area (TPSA) is 32.6 Å². The van der Waals surface area contributed by atoms with Gasteiger partial charge in [0.1, 0.15) is 5.60 Å². The lowest BCUT2D eigenvalue weighted by Gasteiger charge is -2.27. The molecule has 24 heavy (non-hydrogen) atoms. The van der Waals surface area contributed by atoms with Crippen molar-refractivity contribution in [3.63, 3.8) is 0 Å². The van der Waals surface area contributed by atoms with E-state index in [-0.39, 0.29) is 6.54 Å². The Morgan fingerprint density at radius 3 is 1.79 bits per heavy atom. The van der Waals surface area contributed by atoms with Crippen LogP contribution in [0.25, 0.3) is 0 Å². The minimum atomic E-state index is -1.14. The molecular weight excluding hydrogens is 362 g/mol. The summed E-state index contributed by atoms with van der Waals surface area (Å²) < 4.78 is 1.03. The summed E-state index contributed by atoms with van der Waals surface area (Å²) in [5.41, 5.74) is 1.53. The van der Waals surface area contributed by atoms with E-state index < -0.39 is 5.60 Å². The third-order valence-corrected chi connectivity index (χ3v) is 4.46. The molecule has 2 nitrogen and oxygen atoms in total. The lowest BCUT2D eigenvalue weighted by Crippen LogP contribution is -2.30. The second-order valence-corrected chi connectivity index (χ2v) is 6.53. The van der Waals surface area contributed by atoms with E-state index in [9.17, 15) is 5.11 Å². The molecule has 0 heterocycles. The molecule has 3 aromatic rings. The normalized spacial score (nSPS) is 11.8. The Morgan fingerprint density at radius 1 is 0.792 bits per heavy atom. The zero-order valence-electron chi connectivity index (χ0n) is 13.1. The molecule has 0 bridgehead atoms. The van der Waals surface area contributed by atoms with Crippen LogP contribution in [0.5, 0.6) is 0 Å². The van der Waals surface area contributed by atoms with Crippen molar-refractivity contribution in [1.82, 2.24) is 0 Å². The largest absolute Gasteiger partial charge is 0.378 e. The summed E-state index contributed by atoms with van der Waals surface area (Å²) in [6.07, 6.45) is 1.79. The van der Waals surface area contributed by atoms with Crippen LogP contribution >= 0.6 is 15.9 Å². The Morgan fingerprint density at radius 2 is 1.29 bits per heavy atom. The van der Waals surface area contributed by atoms with E-state index in [4.69, 9.17) is 0 Å². The van der Waals surface area contributed by atoms with Gasteiger partial charge in [-0.15, -0.1) is 0 Å². The van der Waals surface area contributed by atoms with Crippen LogP contribution in [0.2, 0.25) is 0 Å². The molecule has 3 heteroatoms. The zero-order valence-corrected chi connectivity index (χ0v) is 14.7. The predicted molar refractivity (Wildman–Crippen MR) is 102 cm³/mol. The van der Waals surface area contributed by atoms with Crippen molar-refractivity contribution in [2.75, 3.05) is 6.54 Å². The summed E-state index contributed by atoms with van der Waals surface area (Å²) in [6.45, 7) is 0.261. The molecule has 0 spiro atoms. The molecule has 3 aromatic carbocycles. The second-order valence-electron chi connectivity index (χ2n) is 5.61. The highest BCUT2D eigenvalue weighted by Crippen LogP contribution is 2.29. The van der Waals surface area contributed by atoms with Crippen molar-refractivity contribution in [3.05, 3.63) is 106 Å². The zero-order chi connectivity index (χ0) is 16.8. The number of rotatable bonds is 5. The molecule has 0 aliphatic carbocycles. The molecule has 0 atom stereocenters. The SMILES string of the molecule is OC(CN=Cc1ccc(Br)cc1)(c1ccccc1)c1ccccc1. The Balaban J connectivity index is 1.90. The van der Waals surface area contributed by atoms with Gasteiger partial charge >= 0.3 is 0 Å². The van der Waals surface area contributed by atoms with Crippen molar-refractivity contribution in [2.45, 2.75) is 5.60 Å². The van der Waals surface area contributed by atoms with Crippen molar-refractivity contribution < 1.29 is 5.11 Å². The summed E-state index contributed by atoms with van der Waals surface area (Å²) >= 11 is 3.42. The van der Waals surface area contributed by atoms with Crippen LogP contribution in [0.4, 0.5) is 0 Å². The molecular formula is C21H18BrNO. The monoisotopic (exact) mass is 379 g/mol. The fraction of sp³-hybridized carbons (Fsp3) is 0.0952. The standard InChI is InChI=1S/C21H18BrNO/c22-20-13-11-17(12-14-20)15-23-16-21(24,18-7-3-1-4-8-18)19-9-5-2-6-10-19/h1-15,24H,16H2. The van der Waals surface area contributed by atoms with E-state index in [1.807, 2.05) is 84.9 Å². The summed E-state index contributed by atoms with van der Waals surface area (Å²) in [5.74, 6) is 0. The minimum absolute atomic E-state index is 0.261. The average Bonchev–Trinajstić information content (AvgIpc) is 2.65. The number of benzene rings is 3. The molecule has 1 N–H and O–H groups in total. The van der Waals surface area contributed by atoms with E-state index in [1.54, 1.807) is 6.21 Å². The number of aliphatic imine (C=N–C) groups is 1. The molecule has 0 aromatic heterocycles. The Labute approximate surface area is 150 Å². The van der Waals surface area contributed by atoms with Gasteiger partial charge in [-0.1, -0.05) is 88.7 Å². The lowest BCUT2D eigenvalue weighted by molar-refractivity contribution is 0.0910. The fourth-order valence-corrected chi connectivity index (χ4v) is 2.87. The van der Waals surface area contributed by atoms with Gasteiger partial charge in [0.25, 0.3) is 0 Å². The number of hydrogen-bond acceptors (Lipinski definition) is 2. The molecule has 0 unspecified atom stereocenters. The fourth-order valence-electron chi connectivity index (χ4n) is 2.61. The van der Waals surface area contributed by atoms with Crippen LogP contribution in [0.1, 0.15) is 16.7 Å². The summed E-state index contributed by atoms with van der Waals surface area (Å²) in [4.78, 5) is 4.51. The average molecular weight is 380 g/mol. The lowest BCUT2D eigenvalue weighted by atomic mass is 9.86. The maximum absolute atomic E-state index is 11.4. The van der Waals surface area contributed by atoms with Crippen molar-refractivity contribution in [2.24, 2.45) is 4.99 Å². The molecule has 3 rings (SSSR count). The second kappa shape index (κ2) is 7.56. The van der Waals surface area contributed by atoms with E-state index in [1.165, 1.54) is 0 Å². The quantitative estimate of drug-likeness (QED) is 0.634. The van der Waals surface area contributed by atoms with Gasteiger partial charge in [0.05, 0.1) is 6.54 Å².